The Morgan fingerprint density at radius 1 is 1.32 bits per heavy atom. The van der Waals surface area contributed by atoms with Gasteiger partial charge in [0.25, 0.3) is 11.8 Å². The summed E-state index contributed by atoms with van der Waals surface area (Å²) in [4.78, 5) is 12.3. The van der Waals surface area contributed by atoms with Crippen LogP contribution in [0.25, 0.3) is 5.69 Å². The maximum Gasteiger partial charge on any atom is 0.277 e. The summed E-state index contributed by atoms with van der Waals surface area (Å²) in [7, 11) is 0. The Balaban J connectivity index is 0.00000225. The van der Waals surface area contributed by atoms with Crippen molar-refractivity contribution in [2.24, 2.45) is 5.73 Å². The molecule has 25 heavy (non-hydrogen) atoms. The van der Waals surface area contributed by atoms with Crippen LogP contribution in [0.3, 0.4) is 0 Å². The number of fused-ring (bicyclic) bond motifs is 1. The standard InChI is InChI=1S/C17H20F2N4O.ClH/c1-11-5-7-12(8-6-11)23-14-4-2-3-13(14)15(22-23)16(24)21-10-17(18,19)9-20;/h5-8H,2-4,9-10,20H2,1H3,(H,21,24);1H. The van der Waals surface area contributed by atoms with Crippen molar-refractivity contribution in [3.8, 4) is 5.69 Å². The van der Waals surface area contributed by atoms with E-state index in [1.54, 1.807) is 4.68 Å². The minimum atomic E-state index is -3.11. The van der Waals surface area contributed by atoms with E-state index >= 15 is 0 Å². The van der Waals surface area contributed by atoms with Crippen molar-refractivity contribution in [2.45, 2.75) is 32.1 Å². The Bertz CT molecular complexity index is 759. The predicted octanol–water partition coefficient (Wildman–Crippen LogP) is 2.42. The van der Waals surface area contributed by atoms with Crippen LogP contribution in [0.15, 0.2) is 24.3 Å². The quantitative estimate of drug-likeness (QED) is 0.849. The first-order valence-corrected chi connectivity index (χ1v) is 7.95. The molecule has 0 unspecified atom stereocenters. The highest BCUT2D eigenvalue weighted by molar-refractivity contribution is 5.94. The van der Waals surface area contributed by atoms with E-state index in [2.05, 4.69) is 10.4 Å². The van der Waals surface area contributed by atoms with Crippen molar-refractivity contribution in [3.63, 3.8) is 0 Å². The number of hydrogen-bond acceptors (Lipinski definition) is 3. The number of halogens is 3. The normalized spacial score (nSPS) is 13.3. The zero-order valence-electron chi connectivity index (χ0n) is 13.9. The first kappa shape index (κ1) is 19.3. The van der Waals surface area contributed by atoms with E-state index in [9.17, 15) is 13.6 Å². The summed E-state index contributed by atoms with van der Waals surface area (Å²) < 4.78 is 28.2. The smallest absolute Gasteiger partial charge is 0.277 e. The molecule has 5 nitrogen and oxygen atoms in total. The number of aromatic nitrogens is 2. The van der Waals surface area contributed by atoms with E-state index in [4.69, 9.17) is 5.73 Å². The summed E-state index contributed by atoms with van der Waals surface area (Å²) >= 11 is 0. The molecule has 0 atom stereocenters. The SMILES string of the molecule is Cc1ccc(-n2nc(C(=O)NCC(F)(F)CN)c3c2CCC3)cc1.Cl. The van der Waals surface area contributed by atoms with Gasteiger partial charge in [-0.15, -0.1) is 12.4 Å². The molecule has 0 saturated carbocycles. The van der Waals surface area contributed by atoms with Crippen LogP contribution in [0.2, 0.25) is 0 Å². The lowest BCUT2D eigenvalue weighted by atomic mass is 10.2. The third kappa shape index (κ3) is 3.99. The van der Waals surface area contributed by atoms with Crippen molar-refractivity contribution >= 4 is 18.3 Å². The number of alkyl halides is 2. The molecule has 1 aromatic heterocycles. The van der Waals surface area contributed by atoms with Gasteiger partial charge in [0.1, 0.15) is 0 Å². The van der Waals surface area contributed by atoms with Gasteiger partial charge in [0.15, 0.2) is 5.69 Å². The molecule has 1 aliphatic carbocycles. The summed E-state index contributed by atoms with van der Waals surface area (Å²) in [6.45, 7) is 0.408. The molecule has 0 saturated heterocycles. The fourth-order valence-corrected chi connectivity index (χ4v) is 2.88. The highest BCUT2D eigenvalue weighted by Crippen LogP contribution is 2.28. The second-order valence-corrected chi connectivity index (χ2v) is 6.12. The monoisotopic (exact) mass is 370 g/mol. The summed E-state index contributed by atoms with van der Waals surface area (Å²) in [5.74, 6) is -3.69. The first-order valence-electron chi connectivity index (χ1n) is 7.95. The van der Waals surface area contributed by atoms with Crippen molar-refractivity contribution in [1.82, 2.24) is 15.1 Å². The fraction of sp³-hybridized carbons (Fsp3) is 0.412. The van der Waals surface area contributed by atoms with E-state index in [1.807, 2.05) is 31.2 Å². The molecule has 0 fully saturated rings. The molecule has 8 heteroatoms. The second-order valence-electron chi connectivity index (χ2n) is 6.12. The Morgan fingerprint density at radius 3 is 2.64 bits per heavy atom. The van der Waals surface area contributed by atoms with Crippen LogP contribution in [0.4, 0.5) is 8.78 Å². The van der Waals surface area contributed by atoms with Gasteiger partial charge >= 0.3 is 0 Å². The van der Waals surface area contributed by atoms with Crippen molar-refractivity contribution in [1.29, 1.82) is 0 Å². The highest BCUT2D eigenvalue weighted by Gasteiger charge is 2.30. The Kier molecular flexibility index (Phi) is 5.80. The van der Waals surface area contributed by atoms with Gasteiger partial charge in [0.2, 0.25) is 0 Å². The average Bonchev–Trinajstić information content (AvgIpc) is 3.16. The highest BCUT2D eigenvalue weighted by atomic mass is 35.5. The van der Waals surface area contributed by atoms with Crippen molar-refractivity contribution in [2.75, 3.05) is 13.1 Å². The third-order valence-corrected chi connectivity index (χ3v) is 4.23. The van der Waals surface area contributed by atoms with E-state index in [1.165, 1.54) is 0 Å². The molecule has 1 aromatic carbocycles. The number of benzene rings is 1. The molecule has 0 spiro atoms. The van der Waals surface area contributed by atoms with E-state index in [-0.39, 0.29) is 18.1 Å². The van der Waals surface area contributed by atoms with Crippen LogP contribution in [-0.2, 0) is 12.8 Å². The topological polar surface area (TPSA) is 72.9 Å². The van der Waals surface area contributed by atoms with Gasteiger partial charge in [-0.2, -0.15) is 5.10 Å². The summed E-state index contributed by atoms with van der Waals surface area (Å²) in [6, 6.07) is 7.82. The minimum Gasteiger partial charge on any atom is -0.345 e. The summed E-state index contributed by atoms with van der Waals surface area (Å²) in [5.41, 5.74) is 9.05. The first-order chi connectivity index (χ1) is 11.4. The lowest BCUT2D eigenvalue weighted by molar-refractivity contribution is 0.0118. The molecule has 136 valence electrons. The zero-order chi connectivity index (χ0) is 17.3. The molecule has 0 bridgehead atoms. The van der Waals surface area contributed by atoms with Gasteiger partial charge in [-0.05, 0) is 38.3 Å². The average molecular weight is 371 g/mol. The van der Waals surface area contributed by atoms with Gasteiger partial charge in [-0.1, -0.05) is 17.7 Å². The van der Waals surface area contributed by atoms with Crippen LogP contribution >= 0.6 is 12.4 Å². The number of amides is 1. The Hall–Kier alpha value is -1.99. The van der Waals surface area contributed by atoms with Gasteiger partial charge < -0.3 is 11.1 Å². The molecule has 3 rings (SSSR count). The maximum absolute atomic E-state index is 13.2. The summed E-state index contributed by atoms with van der Waals surface area (Å²) in [5, 5.41) is 6.64. The molecular formula is C17H21ClF2N4O. The third-order valence-electron chi connectivity index (χ3n) is 4.23. The number of carbonyl (C=O) groups excluding carboxylic acids is 1. The van der Waals surface area contributed by atoms with Crippen molar-refractivity contribution in [3.05, 3.63) is 46.8 Å². The Morgan fingerprint density at radius 2 is 2.00 bits per heavy atom. The number of aryl methyl sites for hydroxylation is 1. The molecule has 2 aromatic rings. The second kappa shape index (κ2) is 7.49. The van der Waals surface area contributed by atoms with Gasteiger partial charge in [-0.25, -0.2) is 13.5 Å². The molecule has 3 N–H and O–H groups in total. The number of hydrogen-bond donors (Lipinski definition) is 2. The van der Waals surface area contributed by atoms with Crippen LogP contribution in [-0.4, -0.2) is 34.7 Å². The van der Waals surface area contributed by atoms with E-state index in [0.717, 1.165) is 41.8 Å². The molecule has 1 amide bonds. The van der Waals surface area contributed by atoms with E-state index in [0.29, 0.717) is 0 Å². The maximum atomic E-state index is 13.2. The largest absolute Gasteiger partial charge is 0.345 e. The molecule has 0 aliphatic heterocycles. The lowest BCUT2D eigenvalue weighted by Gasteiger charge is -2.14. The lowest BCUT2D eigenvalue weighted by Crippen LogP contribution is -2.41. The van der Waals surface area contributed by atoms with Crippen LogP contribution < -0.4 is 11.1 Å². The number of carbonyl (C=O) groups is 1. The van der Waals surface area contributed by atoms with Crippen LogP contribution in [0, 0.1) is 6.92 Å². The molecular weight excluding hydrogens is 350 g/mol. The number of nitrogens with one attached hydrogen (secondary N) is 1. The number of rotatable bonds is 5. The predicted molar refractivity (Wildman–Crippen MR) is 93.9 cm³/mol. The van der Waals surface area contributed by atoms with Gasteiger partial charge in [-0.3, -0.25) is 4.79 Å². The summed E-state index contributed by atoms with van der Waals surface area (Å²) in [6.07, 6.45) is 2.48. The van der Waals surface area contributed by atoms with Crippen LogP contribution in [0.1, 0.15) is 33.7 Å². The molecule has 0 radical (unpaired) electrons. The van der Waals surface area contributed by atoms with Crippen molar-refractivity contribution < 1.29 is 13.6 Å². The molecule has 1 heterocycles. The number of nitrogens with two attached hydrogens (primary N) is 1. The zero-order valence-corrected chi connectivity index (χ0v) is 14.7. The van der Waals surface area contributed by atoms with Gasteiger partial charge in [0.05, 0.1) is 18.8 Å². The number of nitrogens with zero attached hydrogens (tertiary/aromatic N) is 2. The fourth-order valence-electron chi connectivity index (χ4n) is 2.88. The van der Waals surface area contributed by atoms with Gasteiger partial charge in [0, 0.05) is 11.3 Å². The molecule has 1 aliphatic rings. The van der Waals surface area contributed by atoms with Crippen LogP contribution in [0.5, 0.6) is 0 Å². The minimum absolute atomic E-state index is 0. The Labute approximate surface area is 151 Å². The van der Waals surface area contributed by atoms with E-state index < -0.39 is 24.9 Å².